The van der Waals surface area contributed by atoms with E-state index in [4.69, 9.17) is 0 Å². The lowest BCUT2D eigenvalue weighted by Gasteiger charge is -2.25. The molecule has 0 aliphatic rings. The summed E-state index contributed by atoms with van der Waals surface area (Å²) in [4.78, 5) is 13.3. The van der Waals surface area contributed by atoms with Crippen molar-refractivity contribution in [2.75, 3.05) is 4.31 Å². The summed E-state index contributed by atoms with van der Waals surface area (Å²) < 4.78 is 27.7. The molecule has 1 amide bonds. The fraction of sp³-hybridized carbons (Fsp3) is 0.136. The van der Waals surface area contributed by atoms with Crippen LogP contribution in [0.2, 0.25) is 0 Å². The van der Waals surface area contributed by atoms with Crippen LogP contribution in [0, 0.1) is 20.8 Å². The van der Waals surface area contributed by atoms with Crippen LogP contribution < -0.4 is 4.31 Å². The summed E-state index contributed by atoms with van der Waals surface area (Å²) in [6.45, 7) is 5.17. The summed E-state index contributed by atoms with van der Waals surface area (Å²) in [7, 11) is -4.17. The maximum absolute atomic E-state index is 13.4. The molecule has 0 radical (unpaired) electrons. The number of aromatic hydroxyl groups is 1. The highest BCUT2D eigenvalue weighted by atomic mass is 32.2. The molecule has 0 heterocycles. The zero-order chi connectivity index (χ0) is 20.5. The van der Waals surface area contributed by atoms with Crippen molar-refractivity contribution in [3.05, 3.63) is 89.0 Å². The Bertz CT molecular complexity index is 1120. The number of hydrogen-bond donors (Lipinski definition) is 1. The third-order valence-electron chi connectivity index (χ3n) is 4.50. The van der Waals surface area contributed by atoms with Crippen LogP contribution >= 0.6 is 0 Å². The van der Waals surface area contributed by atoms with Crippen LogP contribution in [-0.2, 0) is 10.0 Å². The van der Waals surface area contributed by atoms with Crippen molar-refractivity contribution in [2.24, 2.45) is 0 Å². The average molecular weight is 395 g/mol. The number of carbonyl (C=O) groups is 1. The van der Waals surface area contributed by atoms with Gasteiger partial charge in [-0.15, -0.1) is 0 Å². The van der Waals surface area contributed by atoms with Gasteiger partial charge in [-0.1, -0.05) is 35.9 Å². The second-order valence-electron chi connectivity index (χ2n) is 6.68. The van der Waals surface area contributed by atoms with Crippen molar-refractivity contribution in [2.45, 2.75) is 25.7 Å². The third kappa shape index (κ3) is 3.64. The number of nitrogens with zero attached hydrogens (tertiary/aromatic N) is 1. The molecule has 1 N–H and O–H groups in total. The number of sulfonamides is 1. The average Bonchev–Trinajstić information content (AvgIpc) is 2.67. The first-order valence-electron chi connectivity index (χ1n) is 8.73. The van der Waals surface area contributed by atoms with Crippen molar-refractivity contribution in [3.8, 4) is 5.75 Å². The Balaban J connectivity index is 2.25. The highest BCUT2D eigenvalue weighted by Gasteiger charge is 2.33. The molecule has 3 aromatic carbocycles. The van der Waals surface area contributed by atoms with Gasteiger partial charge in [0.2, 0.25) is 0 Å². The SMILES string of the molecule is Cc1ccc(S(=O)(=O)N(C(=O)c2ccccc2)c2cc(C)c(O)cc2C)cc1. The molecule has 6 heteroatoms. The first-order chi connectivity index (χ1) is 13.2. The van der Waals surface area contributed by atoms with E-state index in [1.165, 1.54) is 24.3 Å². The molecule has 0 bridgehead atoms. The maximum atomic E-state index is 13.4. The van der Waals surface area contributed by atoms with Gasteiger partial charge in [-0.3, -0.25) is 4.79 Å². The van der Waals surface area contributed by atoms with Crippen molar-refractivity contribution in [1.29, 1.82) is 0 Å². The number of hydrogen-bond acceptors (Lipinski definition) is 4. The molecule has 144 valence electrons. The molecule has 3 aromatic rings. The van der Waals surface area contributed by atoms with Gasteiger partial charge in [-0.25, -0.2) is 8.42 Å². The molecule has 28 heavy (non-hydrogen) atoms. The van der Waals surface area contributed by atoms with E-state index in [0.717, 1.165) is 9.87 Å². The highest BCUT2D eigenvalue weighted by Crippen LogP contribution is 2.33. The topological polar surface area (TPSA) is 74.7 Å². The number of rotatable bonds is 4. The molecular formula is C22H21NO4S. The summed E-state index contributed by atoms with van der Waals surface area (Å²) in [6.07, 6.45) is 0. The number of phenolic OH excluding ortho intramolecular Hbond substituents is 1. The van der Waals surface area contributed by atoms with Gasteiger partial charge in [0.1, 0.15) is 5.75 Å². The van der Waals surface area contributed by atoms with Crippen molar-refractivity contribution in [3.63, 3.8) is 0 Å². The van der Waals surface area contributed by atoms with Gasteiger partial charge in [-0.05, 0) is 68.3 Å². The summed E-state index contributed by atoms with van der Waals surface area (Å²) in [5.74, 6) is -0.615. The summed E-state index contributed by atoms with van der Waals surface area (Å²) in [5, 5.41) is 9.96. The predicted octanol–water partition coefficient (Wildman–Crippen LogP) is 4.35. The normalized spacial score (nSPS) is 11.2. The van der Waals surface area contributed by atoms with E-state index in [1.54, 1.807) is 56.3 Å². The Morgan fingerprint density at radius 2 is 1.46 bits per heavy atom. The molecule has 0 aromatic heterocycles. The third-order valence-corrected chi connectivity index (χ3v) is 6.21. The van der Waals surface area contributed by atoms with E-state index in [9.17, 15) is 18.3 Å². The summed E-state index contributed by atoms with van der Waals surface area (Å²) in [5.41, 5.74) is 2.33. The molecule has 5 nitrogen and oxygen atoms in total. The zero-order valence-electron chi connectivity index (χ0n) is 15.9. The monoisotopic (exact) mass is 395 g/mol. The molecular weight excluding hydrogens is 374 g/mol. The highest BCUT2D eigenvalue weighted by molar-refractivity contribution is 7.93. The smallest absolute Gasteiger partial charge is 0.272 e. The van der Waals surface area contributed by atoms with E-state index in [0.29, 0.717) is 11.1 Å². The van der Waals surface area contributed by atoms with Crippen LogP contribution in [0.5, 0.6) is 5.75 Å². The summed E-state index contributed by atoms with van der Waals surface area (Å²) >= 11 is 0. The minimum Gasteiger partial charge on any atom is -0.508 e. The molecule has 0 atom stereocenters. The molecule has 3 rings (SSSR count). The standard InChI is InChI=1S/C22H21NO4S/c1-15-9-11-19(12-10-15)28(26,27)23(22(25)18-7-5-4-6-8-18)20-13-17(3)21(24)14-16(20)2/h4-14,24H,1-3H3. The van der Waals surface area contributed by atoms with E-state index >= 15 is 0 Å². The van der Waals surface area contributed by atoms with Crippen molar-refractivity contribution < 1.29 is 18.3 Å². The molecule has 0 saturated heterocycles. The van der Waals surface area contributed by atoms with Gasteiger partial charge in [0.25, 0.3) is 15.9 Å². The van der Waals surface area contributed by atoms with Crippen LogP contribution in [0.3, 0.4) is 0 Å². The molecule has 0 aliphatic carbocycles. The Labute approximate surface area is 164 Å². The van der Waals surface area contributed by atoms with Crippen LogP contribution in [0.25, 0.3) is 0 Å². The summed E-state index contributed by atoms with van der Waals surface area (Å²) in [6, 6.07) is 17.6. The number of phenols is 1. The quantitative estimate of drug-likeness (QED) is 0.712. The molecule has 0 aliphatic heterocycles. The number of carbonyl (C=O) groups excluding carboxylic acids is 1. The van der Waals surface area contributed by atoms with Gasteiger partial charge in [0, 0.05) is 5.56 Å². The Morgan fingerprint density at radius 3 is 2.07 bits per heavy atom. The fourth-order valence-corrected chi connectivity index (χ4v) is 4.34. The molecule has 0 spiro atoms. The van der Waals surface area contributed by atoms with E-state index in [-0.39, 0.29) is 21.9 Å². The van der Waals surface area contributed by atoms with Crippen LogP contribution in [0.15, 0.2) is 71.6 Å². The van der Waals surface area contributed by atoms with E-state index < -0.39 is 15.9 Å². The first-order valence-corrected chi connectivity index (χ1v) is 10.2. The lowest BCUT2D eigenvalue weighted by atomic mass is 10.1. The second kappa shape index (κ2) is 7.48. The maximum Gasteiger partial charge on any atom is 0.272 e. The molecule has 0 unspecified atom stereocenters. The fourth-order valence-electron chi connectivity index (χ4n) is 2.87. The number of amides is 1. The first kappa shape index (κ1) is 19.6. The largest absolute Gasteiger partial charge is 0.508 e. The second-order valence-corrected chi connectivity index (χ2v) is 8.47. The number of benzene rings is 3. The molecule has 0 fully saturated rings. The Morgan fingerprint density at radius 1 is 0.857 bits per heavy atom. The zero-order valence-corrected chi connectivity index (χ0v) is 16.7. The van der Waals surface area contributed by atoms with Gasteiger partial charge < -0.3 is 5.11 Å². The van der Waals surface area contributed by atoms with E-state index in [2.05, 4.69) is 0 Å². The van der Waals surface area contributed by atoms with Crippen LogP contribution in [-0.4, -0.2) is 19.4 Å². The van der Waals surface area contributed by atoms with Crippen LogP contribution in [0.1, 0.15) is 27.0 Å². The van der Waals surface area contributed by atoms with Gasteiger partial charge in [0.15, 0.2) is 0 Å². The van der Waals surface area contributed by atoms with Gasteiger partial charge in [-0.2, -0.15) is 4.31 Å². The van der Waals surface area contributed by atoms with Crippen LogP contribution in [0.4, 0.5) is 5.69 Å². The lowest BCUT2D eigenvalue weighted by molar-refractivity contribution is 0.100. The number of aryl methyl sites for hydroxylation is 3. The minimum atomic E-state index is -4.17. The van der Waals surface area contributed by atoms with Crippen molar-refractivity contribution in [1.82, 2.24) is 0 Å². The van der Waals surface area contributed by atoms with Gasteiger partial charge >= 0.3 is 0 Å². The van der Waals surface area contributed by atoms with Crippen molar-refractivity contribution >= 4 is 21.6 Å². The lowest BCUT2D eigenvalue weighted by Crippen LogP contribution is -2.37. The predicted molar refractivity (Wildman–Crippen MR) is 109 cm³/mol. The minimum absolute atomic E-state index is 0.0208. The Hall–Kier alpha value is -3.12. The number of anilines is 1. The molecule has 0 saturated carbocycles. The Kier molecular flexibility index (Phi) is 5.25. The van der Waals surface area contributed by atoms with Gasteiger partial charge in [0.05, 0.1) is 10.6 Å². The van der Waals surface area contributed by atoms with E-state index in [1.807, 2.05) is 6.92 Å².